The molecule has 2 aromatic carbocycles. The van der Waals surface area contributed by atoms with Crippen LogP contribution in [0.25, 0.3) is 10.8 Å². The maximum Gasteiger partial charge on any atom is 0.174 e. The quantitative estimate of drug-likeness (QED) is 0.664. The molecule has 0 amide bonds. The van der Waals surface area contributed by atoms with Crippen LogP contribution >= 0.6 is 15.9 Å². The summed E-state index contributed by atoms with van der Waals surface area (Å²) in [5.41, 5.74) is 0.424. The van der Waals surface area contributed by atoms with E-state index in [0.29, 0.717) is 11.5 Å². The summed E-state index contributed by atoms with van der Waals surface area (Å²) in [7, 11) is 0. The van der Waals surface area contributed by atoms with Gasteiger partial charge in [0.05, 0.1) is 0 Å². The molecule has 5 heteroatoms. The number of halogens is 1. The topological polar surface area (TPSA) is 57.8 Å². The van der Waals surface area contributed by atoms with Crippen molar-refractivity contribution in [3.8, 4) is 5.75 Å². The van der Waals surface area contributed by atoms with Crippen LogP contribution in [0.3, 0.4) is 0 Å². The smallest absolute Gasteiger partial charge is 0.174 e. The van der Waals surface area contributed by atoms with Crippen LogP contribution in [-0.4, -0.2) is 10.1 Å². The van der Waals surface area contributed by atoms with Crippen molar-refractivity contribution < 1.29 is 5.11 Å². The summed E-state index contributed by atoms with van der Waals surface area (Å²) in [6, 6.07) is 14.8. The number of benzene rings is 2. The Kier molecular flexibility index (Phi) is 3.43. The highest BCUT2D eigenvalue weighted by Crippen LogP contribution is 2.35. The first-order valence-electron chi connectivity index (χ1n) is 5.98. The van der Waals surface area contributed by atoms with Crippen molar-refractivity contribution in [2.45, 2.75) is 0 Å². The molecule has 0 bridgehead atoms. The lowest BCUT2D eigenvalue weighted by atomic mass is 10.1. The second-order valence-electron chi connectivity index (χ2n) is 4.19. The Balaban J connectivity index is 1.98. The molecule has 1 aromatic heterocycles. The number of phenols is 1. The van der Waals surface area contributed by atoms with E-state index >= 15 is 0 Å². The summed E-state index contributed by atoms with van der Waals surface area (Å²) in [5.74, 6) is 0.615. The van der Waals surface area contributed by atoms with Crippen molar-refractivity contribution >= 4 is 38.2 Å². The molecule has 3 aromatic rings. The van der Waals surface area contributed by atoms with E-state index in [0.717, 1.165) is 15.2 Å². The molecule has 20 heavy (non-hydrogen) atoms. The third-order valence-corrected chi connectivity index (χ3v) is 3.32. The molecule has 0 spiro atoms. The zero-order valence-electron chi connectivity index (χ0n) is 10.4. The SMILES string of the molecule is Oc1c(N=Nc2ccc(Br)cn2)ccc2ccccc12. The molecule has 0 unspecified atom stereocenters. The predicted octanol–water partition coefficient (Wildman–Crippen LogP) is 5.12. The van der Waals surface area contributed by atoms with E-state index in [1.54, 1.807) is 18.3 Å². The summed E-state index contributed by atoms with van der Waals surface area (Å²) in [5, 5.41) is 20.0. The average molecular weight is 328 g/mol. The maximum absolute atomic E-state index is 10.2. The lowest BCUT2D eigenvalue weighted by molar-refractivity contribution is 0.482. The summed E-state index contributed by atoms with van der Waals surface area (Å²) in [6.07, 6.45) is 1.65. The highest BCUT2D eigenvalue weighted by Gasteiger charge is 2.05. The summed E-state index contributed by atoms with van der Waals surface area (Å²) in [4.78, 5) is 4.10. The molecule has 0 aliphatic heterocycles. The Labute approximate surface area is 123 Å². The normalized spacial score (nSPS) is 11.2. The van der Waals surface area contributed by atoms with Crippen molar-refractivity contribution in [3.05, 3.63) is 59.2 Å². The van der Waals surface area contributed by atoms with Crippen LogP contribution in [0.2, 0.25) is 0 Å². The Morgan fingerprint density at radius 1 is 0.950 bits per heavy atom. The van der Waals surface area contributed by atoms with Crippen molar-refractivity contribution in [2.75, 3.05) is 0 Å². The van der Waals surface area contributed by atoms with E-state index < -0.39 is 0 Å². The van der Waals surface area contributed by atoms with E-state index in [9.17, 15) is 5.11 Å². The number of phenolic OH excluding ortho intramolecular Hbond substituents is 1. The standard InChI is InChI=1S/C15H10BrN3O/c16-11-6-8-14(17-9-11)19-18-13-7-5-10-3-1-2-4-12(10)15(13)20/h1-9,20H. The zero-order chi connectivity index (χ0) is 13.9. The van der Waals surface area contributed by atoms with Gasteiger partial charge in [-0.15, -0.1) is 10.2 Å². The molecule has 4 nitrogen and oxygen atoms in total. The van der Waals surface area contributed by atoms with Crippen LogP contribution in [0.5, 0.6) is 5.75 Å². The molecule has 1 N–H and O–H groups in total. The largest absolute Gasteiger partial charge is 0.505 e. The number of nitrogens with zero attached hydrogens (tertiary/aromatic N) is 3. The number of aromatic hydroxyl groups is 1. The maximum atomic E-state index is 10.2. The zero-order valence-corrected chi connectivity index (χ0v) is 11.9. The van der Waals surface area contributed by atoms with Crippen LogP contribution in [0.4, 0.5) is 11.5 Å². The van der Waals surface area contributed by atoms with Crippen molar-refractivity contribution in [1.82, 2.24) is 4.98 Å². The molecule has 98 valence electrons. The number of rotatable bonds is 2. The molecule has 1 heterocycles. The first-order valence-corrected chi connectivity index (χ1v) is 6.77. The average Bonchev–Trinajstić information content (AvgIpc) is 2.49. The fraction of sp³-hybridized carbons (Fsp3) is 0. The first-order chi connectivity index (χ1) is 9.74. The van der Waals surface area contributed by atoms with Gasteiger partial charge in [0, 0.05) is 16.1 Å². The minimum absolute atomic E-state index is 0.129. The molecular weight excluding hydrogens is 318 g/mol. The van der Waals surface area contributed by atoms with Gasteiger partial charge in [-0.25, -0.2) is 4.98 Å². The summed E-state index contributed by atoms with van der Waals surface area (Å²) >= 11 is 3.31. The number of pyridine rings is 1. The van der Waals surface area contributed by atoms with Crippen LogP contribution in [0.15, 0.2) is 69.4 Å². The van der Waals surface area contributed by atoms with Crippen LogP contribution in [-0.2, 0) is 0 Å². The number of hydrogen-bond acceptors (Lipinski definition) is 4. The Morgan fingerprint density at radius 3 is 2.60 bits per heavy atom. The van der Waals surface area contributed by atoms with Gasteiger partial charge >= 0.3 is 0 Å². The van der Waals surface area contributed by atoms with Gasteiger partial charge in [-0.3, -0.25) is 0 Å². The van der Waals surface area contributed by atoms with Gasteiger partial charge in [0.15, 0.2) is 11.6 Å². The molecule has 0 saturated carbocycles. The van der Waals surface area contributed by atoms with E-state index in [1.165, 1.54) is 0 Å². The van der Waals surface area contributed by atoms with E-state index in [-0.39, 0.29) is 5.75 Å². The van der Waals surface area contributed by atoms with Crippen molar-refractivity contribution in [3.63, 3.8) is 0 Å². The second-order valence-corrected chi connectivity index (χ2v) is 5.10. The Morgan fingerprint density at radius 2 is 1.80 bits per heavy atom. The number of aromatic nitrogens is 1. The number of hydrogen-bond donors (Lipinski definition) is 1. The monoisotopic (exact) mass is 327 g/mol. The van der Waals surface area contributed by atoms with Gasteiger partial charge in [-0.2, -0.15) is 0 Å². The summed E-state index contributed by atoms with van der Waals surface area (Å²) < 4.78 is 0.880. The lowest BCUT2D eigenvalue weighted by Crippen LogP contribution is -1.75. The highest BCUT2D eigenvalue weighted by molar-refractivity contribution is 9.10. The number of fused-ring (bicyclic) bond motifs is 1. The first kappa shape index (κ1) is 12.7. The third-order valence-electron chi connectivity index (χ3n) is 2.85. The van der Waals surface area contributed by atoms with E-state index in [2.05, 4.69) is 31.1 Å². The Hall–Kier alpha value is -2.27. The van der Waals surface area contributed by atoms with Gasteiger partial charge in [-0.1, -0.05) is 30.3 Å². The fourth-order valence-corrected chi connectivity index (χ4v) is 2.09. The van der Waals surface area contributed by atoms with Crippen molar-refractivity contribution in [1.29, 1.82) is 0 Å². The predicted molar refractivity (Wildman–Crippen MR) is 81.7 cm³/mol. The molecule has 0 atom stereocenters. The van der Waals surface area contributed by atoms with Gasteiger partial charge in [0.1, 0.15) is 5.69 Å². The lowest BCUT2D eigenvalue weighted by Gasteiger charge is -2.02. The van der Waals surface area contributed by atoms with Gasteiger partial charge in [0.25, 0.3) is 0 Å². The highest BCUT2D eigenvalue weighted by atomic mass is 79.9. The van der Waals surface area contributed by atoms with Crippen LogP contribution in [0, 0.1) is 0 Å². The fourth-order valence-electron chi connectivity index (χ4n) is 1.86. The number of azo groups is 1. The third kappa shape index (κ3) is 2.53. The van der Waals surface area contributed by atoms with E-state index in [4.69, 9.17) is 0 Å². The van der Waals surface area contributed by atoms with Gasteiger partial charge in [0.2, 0.25) is 0 Å². The van der Waals surface area contributed by atoms with E-state index in [1.807, 2.05) is 36.4 Å². The second kappa shape index (κ2) is 5.38. The van der Waals surface area contributed by atoms with Gasteiger partial charge < -0.3 is 5.11 Å². The minimum Gasteiger partial charge on any atom is -0.505 e. The van der Waals surface area contributed by atoms with Crippen LogP contribution < -0.4 is 0 Å². The van der Waals surface area contributed by atoms with Crippen LogP contribution in [0.1, 0.15) is 0 Å². The molecule has 0 aliphatic rings. The molecule has 0 saturated heterocycles. The molecule has 3 rings (SSSR count). The Bertz CT molecular complexity index is 785. The minimum atomic E-state index is 0.129. The molecule has 0 aliphatic carbocycles. The van der Waals surface area contributed by atoms with Gasteiger partial charge in [-0.05, 0) is 39.5 Å². The van der Waals surface area contributed by atoms with Crippen molar-refractivity contribution in [2.24, 2.45) is 10.2 Å². The summed E-state index contributed by atoms with van der Waals surface area (Å²) in [6.45, 7) is 0. The molecule has 0 fully saturated rings. The molecule has 0 radical (unpaired) electrons. The molecular formula is C15H10BrN3O.